The lowest BCUT2D eigenvalue weighted by Gasteiger charge is -2.08. The van der Waals surface area contributed by atoms with Crippen molar-refractivity contribution >= 4 is 66.0 Å². The van der Waals surface area contributed by atoms with Crippen LogP contribution in [0.25, 0.3) is 22.2 Å². The van der Waals surface area contributed by atoms with Gasteiger partial charge in [-0.05, 0) is 61.7 Å². The fraction of sp³-hybridized carbons (Fsp3) is 0.222. The third-order valence-electron chi connectivity index (χ3n) is 4.01. The van der Waals surface area contributed by atoms with Gasteiger partial charge in [-0.1, -0.05) is 55.1 Å². The van der Waals surface area contributed by atoms with Crippen LogP contribution in [-0.4, -0.2) is 11.5 Å². The Morgan fingerprint density at radius 2 is 1.75 bits per heavy atom. The molecule has 3 aromatic rings. The van der Waals surface area contributed by atoms with E-state index in [1.165, 1.54) is 5.56 Å². The zero-order chi connectivity index (χ0) is 17.3. The summed E-state index contributed by atoms with van der Waals surface area (Å²) in [5, 5.41) is 2.52. The fourth-order valence-corrected chi connectivity index (χ4v) is 4.33. The van der Waals surface area contributed by atoms with Gasteiger partial charge in [0.25, 0.3) is 0 Å². The number of unbranched alkanes of at least 4 members (excludes halogenated alkanes) is 1. The Balaban J connectivity index is 2.23. The first kappa shape index (κ1) is 18.3. The first-order chi connectivity index (χ1) is 11.5. The van der Waals surface area contributed by atoms with E-state index in [9.17, 15) is 0 Å². The Kier molecular flexibility index (Phi) is 5.94. The van der Waals surface area contributed by atoms with Gasteiger partial charge in [-0.2, -0.15) is 0 Å². The van der Waals surface area contributed by atoms with Gasteiger partial charge in [0, 0.05) is 24.9 Å². The monoisotopic (exact) mass is 488 g/mol. The molecule has 0 aliphatic carbocycles. The van der Waals surface area contributed by atoms with E-state index in [0.29, 0.717) is 16.6 Å². The number of fused-ring (bicyclic) bond motifs is 1. The highest BCUT2D eigenvalue weighted by atomic mass is 79.9. The molecule has 2 nitrogen and oxygen atoms in total. The molecule has 0 bridgehead atoms. The molecule has 0 saturated heterocycles. The number of halogens is 4. The first-order valence-corrected chi connectivity index (χ1v) is 10.0. The van der Waals surface area contributed by atoms with E-state index in [-0.39, 0.29) is 0 Å². The van der Waals surface area contributed by atoms with Crippen LogP contribution in [-0.2, 0) is 6.42 Å². The summed E-state index contributed by atoms with van der Waals surface area (Å²) in [6.07, 6.45) is 2.93. The van der Waals surface area contributed by atoms with Gasteiger partial charge in [0.15, 0.2) is 0 Å². The second-order valence-corrected chi connectivity index (χ2v) is 8.30. The van der Waals surface area contributed by atoms with E-state index in [2.05, 4.69) is 42.9 Å². The van der Waals surface area contributed by atoms with Crippen LogP contribution in [0.2, 0.25) is 10.0 Å². The molecule has 1 heterocycles. The second-order valence-electron chi connectivity index (χ2n) is 5.66. The maximum Gasteiger partial charge on any atom is 0.0658 e. The van der Waals surface area contributed by atoms with Crippen molar-refractivity contribution in [1.29, 1.82) is 0 Å². The van der Waals surface area contributed by atoms with Gasteiger partial charge in [-0.25, -0.2) is 0 Å². The van der Waals surface area contributed by atoms with Crippen molar-refractivity contribution in [3.05, 3.63) is 54.9 Å². The normalized spacial score (nSPS) is 11.4. The molecule has 1 aromatic heterocycles. The van der Waals surface area contributed by atoms with Crippen LogP contribution in [0.1, 0.15) is 18.4 Å². The number of nitrogens with two attached hydrogens (primary N) is 1. The van der Waals surface area contributed by atoms with Crippen molar-refractivity contribution in [2.24, 2.45) is 5.73 Å². The molecule has 0 radical (unpaired) electrons. The van der Waals surface area contributed by atoms with Crippen LogP contribution in [0.4, 0.5) is 0 Å². The Morgan fingerprint density at radius 3 is 2.50 bits per heavy atom. The highest BCUT2D eigenvalue weighted by Gasteiger charge is 2.17. The van der Waals surface area contributed by atoms with Gasteiger partial charge < -0.3 is 10.7 Å². The molecule has 0 fully saturated rings. The molecule has 0 amide bonds. The third kappa shape index (κ3) is 3.68. The standard InChI is InChI=1S/C18H16Br2Cl2N2/c19-10-4-5-15(21)14(7-10)17-12(3-1-2-6-23)13-8-11(20)9-16(22)18(13)24-17/h4-5,7-9,24H,1-3,6,23H2. The van der Waals surface area contributed by atoms with E-state index >= 15 is 0 Å². The smallest absolute Gasteiger partial charge is 0.0658 e. The average Bonchev–Trinajstić information content (AvgIpc) is 2.89. The summed E-state index contributed by atoms with van der Waals surface area (Å²) >= 11 is 20.0. The van der Waals surface area contributed by atoms with Gasteiger partial charge in [-0.15, -0.1) is 0 Å². The lowest BCUT2D eigenvalue weighted by Crippen LogP contribution is -1.99. The molecule has 6 heteroatoms. The minimum atomic E-state index is 0.691. The topological polar surface area (TPSA) is 41.8 Å². The van der Waals surface area contributed by atoms with E-state index in [1.807, 2.05) is 24.3 Å². The Bertz CT molecular complexity index is 890. The maximum absolute atomic E-state index is 6.46. The van der Waals surface area contributed by atoms with Gasteiger partial charge in [-0.3, -0.25) is 0 Å². The molecule has 0 spiro atoms. The van der Waals surface area contributed by atoms with Crippen LogP contribution >= 0.6 is 55.1 Å². The van der Waals surface area contributed by atoms with Crippen LogP contribution in [0.15, 0.2) is 39.3 Å². The Hall–Kier alpha value is -0.520. The summed E-state index contributed by atoms with van der Waals surface area (Å²) in [7, 11) is 0. The molecule has 24 heavy (non-hydrogen) atoms. The number of rotatable bonds is 5. The number of aryl methyl sites for hydroxylation is 1. The van der Waals surface area contributed by atoms with Crippen LogP contribution < -0.4 is 5.73 Å². The molecule has 0 atom stereocenters. The number of hydrogen-bond donors (Lipinski definition) is 2. The zero-order valence-electron chi connectivity index (χ0n) is 12.8. The van der Waals surface area contributed by atoms with Gasteiger partial charge >= 0.3 is 0 Å². The number of aromatic nitrogens is 1. The Labute approximate surface area is 168 Å². The van der Waals surface area contributed by atoms with Gasteiger partial charge in [0.05, 0.1) is 16.2 Å². The molecule has 0 saturated carbocycles. The molecule has 0 aliphatic rings. The lowest BCUT2D eigenvalue weighted by molar-refractivity contribution is 0.748. The van der Waals surface area contributed by atoms with Crippen LogP contribution in [0.5, 0.6) is 0 Å². The minimum Gasteiger partial charge on any atom is -0.353 e. The molecule has 3 N–H and O–H groups in total. The van der Waals surface area contributed by atoms with Gasteiger partial charge in [0.1, 0.15) is 0 Å². The van der Waals surface area contributed by atoms with Crippen molar-refractivity contribution in [3.63, 3.8) is 0 Å². The molecule has 3 rings (SSSR count). The fourth-order valence-electron chi connectivity index (χ4n) is 2.90. The number of nitrogens with one attached hydrogen (secondary N) is 1. The van der Waals surface area contributed by atoms with E-state index in [0.717, 1.165) is 50.4 Å². The molecular formula is C18H16Br2Cl2N2. The third-order valence-corrected chi connectivity index (χ3v) is 5.59. The van der Waals surface area contributed by atoms with Crippen molar-refractivity contribution in [2.45, 2.75) is 19.3 Å². The second kappa shape index (κ2) is 7.79. The average molecular weight is 491 g/mol. The molecular weight excluding hydrogens is 475 g/mol. The van der Waals surface area contributed by atoms with Crippen molar-refractivity contribution in [1.82, 2.24) is 4.98 Å². The van der Waals surface area contributed by atoms with Crippen molar-refractivity contribution < 1.29 is 0 Å². The summed E-state index contributed by atoms with van der Waals surface area (Å²) in [5.41, 5.74) is 9.81. The predicted octanol–water partition coefficient (Wildman–Crippen LogP) is 6.95. The highest BCUT2D eigenvalue weighted by Crippen LogP contribution is 2.39. The van der Waals surface area contributed by atoms with Crippen LogP contribution in [0.3, 0.4) is 0 Å². The minimum absolute atomic E-state index is 0.691. The SMILES string of the molecule is NCCCCc1c(-c2cc(Br)ccc2Cl)[nH]c2c(Cl)cc(Br)cc12. The van der Waals surface area contributed by atoms with Crippen molar-refractivity contribution in [2.75, 3.05) is 6.54 Å². The summed E-state index contributed by atoms with van der Waals surface area (Å²) < 4.78 is 1.95. The molecule has 2 aromatic carbocycles. The largest absolute Gasteiger partial charge is 0.353 e. The number of hydrogen-bond acceptors (Lipinski definition) is 1. The summed E-state index contributed by atoms with van der Waals surface area (Å²) in [6.45, 7) is 0.694. The molecule has 126 valence electrons. The van der Waals surface area contributed by atoms with E-state index in [4.69, 9.17) is 28.9 Å². The van der Waals surface area contributed by atoms with E-state index in [1.54, 1.807) is 0 Å². The number of benzene rings is 2. The van der Waals surface area contributed by atoms with E-state index < -0.39 is 0 Å². The van der Waals surface area contributed by atoms with Crippen molar-refractivity contribution in [3.8, 4) is 11.3 Å². The molecule has 0 unspecified atom stereocenters. The number of aromatic amines is 1. The maximum atomic E-state index is 6.46. The van der Waals surface area contributed by atoms with Gasteiger partial charge in [0.2, 0.25) is 0 Å². The molecule has 0 aliphatic heterocycles. The lowest BCUT2D eigenvalue weighted by atomic mass is 10.0. The summed E-state index contributed by atoms with van der Waals surface area (Å²) in [5.74, 6) is 0. The predicted molar refractivity (Wildman–Crippen MR) is 111 cm³/mol. The number of H-pyrrole nitrogens is 1. The summed E-state index contributed by atoms with van der Waals surface area (Å²) in [4.78, 5) is 3.48. The Morgan fingerprint density at radius 1 is 0.958 bits per heavy atom. The quantitative estimate of drug-likeness (QED) is 0.373. The highest BCUT2D eigenvalue weighted by molar-refractivity contribution is 9.10. The zero-order valence-corrected chi connectivity index (χ0v) is 17.5. The first-order valence-electron chi connectivity index (χ1n) is 7.66. The summed E-state index contributed by atoms with van der Waals surface area (Å²) in [6, 6.07) is 9.86. The van der Waals surface area contributed by atoms with Crippen LogP contribution in [0, 0.1) is 0 Å².